The number of ether oxygens (including phenoxy) is 1. The summed E-state index contributed by atoms with van der Waals surface area (Å²) in [7, 11) is 1.89. The van der Waals surface area contributed by atoms with Crippen LogP contribution in [0.25, 0.3) is 0 Å². The van der Waals surface area contributed by atoms with Crippen molar-refractivity contribution in [1.29, 1.82) is 0 Å². The summed E-state index contributed by atoms with van der Waals surface area (Å²) in [6.07, 6.45) is 0. The van der Waals surface area contributed by atoms with Gasteiger partial charge in [-0.1, -0.05) is 19.9 Å². The summed E-state index contributed by atoms with van der Waals surface area (Å²) in [6, 6.07) is 9.99. The molecule has 1 aromatic carbocycles. The van der Waals surface area contributed by atoms with Gasteiger partial charge >= 0.3 is 0 Å². The number of hydrogen-bond acceptors (Lipinski definition) is 3. The first-order chi connectivity index (χ1) is 9.58. The molecule has 0 bridgehead atoms. The summed E-state index contributed by atoms with van der Waals surface area (Å²) in [4.78, 5) is 4.47. The van der Waals surface area contributed by atoms with Crippen LogP contribution >= 0.6 is 0 Å². The number of rotatable bonds is 5. The molecule has 3 nitrogen and oxygen atoms in total. The van der Waals surface area contributed by atoms with E-state index in [4.69, 9.17) is 4.74 Å². The van der Waals surface area contributed by atoms with Crippen molar-refractivity contribution in [2.24, 2.45) is 0 Å². The van der Waals surface area contributed by atoms with Gasteiger partial charge in [0.2, 0.25) is 5.88 Å². The Labute approximate surface area is 118 Å². The molecule has 0 saturated carbocycles. The third kappa shape index (κ3) is 3.78. The van der Waals surface area contributed by atoms with Gasteiger partial charge in [0.25, 0.3) is 0 Å². The van der Waals surface area contributed by atoms with Crippen LogP contribution in [-0.2, 0) is 6.54 Å². The molecule has 0 aliphatic carbocycles. The highest BCUT2D eigenvalue weighted by Crippen LogP contribution is 2.24. The summed E-state index contributed by atoms with van der Waals surface area (Å²) in [5, 5.41) is 3.11. The zero-order chi connectivity index (χ0) is 14.5. The Morgan fingerprint density at radius 3 is 2.70 bits per heavy atom. The number of nitrogens with zero attached hydrogens (tertiary/aromatic N) is 1. The monoisotopic (exact) mass is 274 g/mol. The molecule has 1 aromatic heterocycles. The topological polar surface area (TPSA) is 34.1 Å². The van der Waals surface area contributed by atoms with E-state index in [0.29, 0.717) is 17.5 Å². The van der Waals surface area contributed by atoms with Gasteiger partial charge in [0.05, 0.1) is 0 Å². The largest absolute Gasteiger partial charge is 0.439 e. The van der Waals surface area contributed by atoms with E-state index in [0.717, 1.165) is 17.8 Å². The fraction of sp³-hybridized carbons (Fsp3) is 0.312. The first kappa shape index (κ1) is 14.5. The SMILES string of the molecule is CNCc1cc(Oc2cccc(F)c2)nc(C(C)C)c1. The van der Waals surface area contributed by atoms with Crippen molar-refractivity contribution in [3.8, 4) is 11.6 Å². The van der Waals surface area contributed by atoms with Gasteiger partial charge in [-0.2, -0.15) is 0 Å². The van der Waals surface area contributed by atoms with Crippen molar-refractivity contribution in [2.45, 2.75) is 26.3 Å². The predicted octanol–water partition coefficient (Wildman–Crippen LogP) is 3.86. The average molecular weight is 274 g/mol. The van der Waals surface area contributed by atoms with Crippen molar-refractivity contribution >= 4 is 0 Å². The minimum absolute atomic E-state index is 0.307. The molecule has 4 heteroatoms. The molecule has 0 saturated heterocycles. The number of hydrogen-bond donors (Lipinski definition) is 1. The fourth-order valence-electron chi connectivity index (χ4n) is 1.89. The molecule has 106 valence electrons. The molecule has 2 aromatic rings. The molecule has 0 aliphatic heterocycles. The second kappa shape index (κ2) is 6.48. The molecule has 1 N–H and O–H groups in total. The molecule has 0 aliphatic rings. The number of nitrogens with one attached hydrogen (secondary N) is 1. The van der Waals surface area contributed by atoms with E-state index in [2.05, 4.69) is 30.2 Å². The maximum atomic E-state index is 13.2. The summed E-state index contributed by atoms with van der Waals surface area (Å²) >= 11 is 0. The zero-order valence-electron chi connectivity index (χ0n) is 12.0. The van der Waals surface area contributed by atoms with Crippen LogP contribution in [0, 0.1) is 5.82 Å². The lowest BCUT2D eigenvalue weighted by Gasteiger charge is -2.12. The van der Waals surface area contributed by atoms with Crippen LogP contribution in [-0.4, -0.2) is 12.0 Å². The van der Waals surface area contributed by atoms with Crippen LogP contribution < -0.4 is 10.1 Å². The van der Waals surface area contributed by atoms with Gasteiger partial charge in [-0.05, 0) is 36.7 Å². The fourth-order valence-corrected chi connectivity index (χ4v) is 1.89. The van der Waals surface area contributed by atoms with Gasteiger partial charge in [-0.25, -0.2) is 9.37 Å². The van der Waals surface area contributed by atoms with Gasteiger partial charge in [0.15, 0.2) is 0 Å². The standard InChI is InChI=1S/C16H19FN2O/c1-11(2)15-7-12(10-18-3)8-16(19-15)20-14-6-4-5-13(17)9-14/h4-9,11,18H,10H2,1-3H3. The number of aromatic nitrogens is 1. The Morgan fingerprint density at radius 2 is 2.05 bits per heavy atom. The summed E-state index contributed by atoms with van der Waals surface area (Å²) in [5.41, 5.74) is 2.06. The Bertz CT molecular complexity index is 584. The highest BCUT2D eigenvalue weighted by Gasteiger charge is 2.08. The first-order valence-electron chi connectivity index (χ1n) is 6.67. The van der Waals surface area contributed by atoms with Crippen LogP contribution in [0.1, 0.15) is 31.0 Å². The Kier molecular flexibility index (Phi) is 4.69. The van der Waals surface area contributed by atoms with E-state index in [9.17, 15) is 4.39 Å². The number of benzene rings is 1. The van der Waals surface area contributed by atoms with Crippen molar-refractivity contribution in [2.75, 3.05) is 7.05 Å². The van der Waals surface area contributed by atoms with Gasteiger partial charge in [-0.15, -0.1) is 0 Å². The van der Waals surface area contributed by atoms with E-state index in [-0.39, 0.29) is 5.82 Å². The van der Waals surface area contributed by atoms with Crippen LogP contribution in [0.3, 0.4) is 0 Å². The second-order valence-corrected chi connectivity index (χ2v) is 4.98. The number of halogens is 1. The molecule has 20 heavy (non-hydrogen) atoms. The van der Waals surface area contributed by atoms with E-state index >= 15 is 0 Å². The smallest absolute Gasteiger partial charge is 0.219 e. The van der Waals surface area contributed by atoms with Gasteiger partial charge in [0.1, 0.15) is 11.6 Å². The minimum atomic E-state index is -0.321. The highest BCUT2D eigenvalue weighted by atomic mass is 19.1. The maximum absolute atomic E-state index is 13.2. The molecule has 0 radical (unpaired) electrons. The molecule has 1 heterocycles. The maximum Gasteiger partial charge on any atom is 0.219 e. The lowest BCUT2D eigenvalue weighted by atomic mass is 10.1. The molecular formula is C16H19FN2O. The number of pyridine rings is 1. The van der Waals surface area contributed by atoms with E-state index < -0.39 is 0 Å². The van der Waals surface area contributed by atoms with Crippen LogP contribution in [0.4, 0.5) is 4.39 Å². The predicted molar refractivity (Wildman–Crippen MR) is 77.6 cm³/mol. The van der Waals surface area contributed by atoms with E-state index in [1.54, 1.807) is 12.1 Å². The second-order valence-electron chi connectivity index (χ2n) is 4.98. The summed E-state index contributed by atoms with van der Waals surface area (Å²) < 4.78 is 18.8. The molecule has 2 rings (SSSR count). The minimum Gasteiger partial charge on any atom is -0.439 e. The summed E-state index contributed by atoms with van der Waals surface area (Å²) in [6.45, 7) is 4.90. The molecule has 0 amide bonds. The Hall–Kier alpha value is -1.94. The van der Waals surface area contributed by atoms with Crippen molar-refractivity contribution in [3.63, 3.8) is 0 Å². The Balaban J connectivity index is 2.30. The third-order valence-corrected chi connectivity index (χ3v) is 2.87. The molecule has 0 unspecified atom stereocenters. The molecule has 0 spiro atoms. The quantitative estimate of drug-likeness (QED) is 0.899. The van der Waals surface area contributed by atoms with Crippen LogP contribution in [0.15, 0.2) is 36.4 Å². The van der Waals surface area contributed by atoms with Crippen LogP contribution in [0.5, 0.6) is 11.6 Å². The van der Waals surface area contributed by atoms with Crippen molar-refractivity contribution in [1.82, 2.24) is 10.3 Å². The van der Waals surface area contributed by atoms with E-state index in [1.807, 2.05) is 13.1 Å². The van der Waals surface area contributed by atoms with Gasteiger partial charge in [0, 0.05) is 24.4 Å². The normalized spacial score (nSPS) is 10.8. The third-order valence-electron chi connectivity index (χ3n) is 2.87. The highest BCUT2D eigenvalue weighted by molar-refractivity contribution is 5.31. The van der Waals surface area contributed by atoms with Crippen LogP contribution in [0.2, 0.25) is 0 Å². The Morgan fingerprint density at radius 1 is 1.25 bits per heavy atom. The molecule has 0 fully saturated rings. The van der Waals surface area contributed by atoms with Gasteiger partial charge < -0.3 is 10.1 Å². The van der Waals surface area contributed by atoms with Gasteiger partial charge in [-0.3, -0.25) is 0 Å². The average Bonchev–Trinajstić information content (AvgIpc) is 2.38. The summed E-state index contributed by atoms with van der Waals surface area (Å²) in [5.74, 6) is 0.931. The first-order valence-corrected chi connectivity index (χ1v) is 6.67. The van der Waals surface area contributed by atoms with E-state index in [1.165, 1.54) is 12.1 Å². The lowest BCUT2D eigenvalue weighted by Crippen LogP contribution is -2.07. The molecular weight excluding hydrogens is 255 g/mol. The van der Waals surface area contributed by atoms with Crippen molar-refractivity contribution in [3.05, 3.63) is 53.5 Å². The molecule has 0 atom stereocenters. The lowest BCUT2D eigenvalue weighted by molar-refractivity contribution is 0.453. The zero-order valence-corrected chi connectivity index (χ0v) is 12.0. The van der Waals surface area contributed by atoms with Crippen molar-refractivity contribution < 1.29 is 9.13 Å².